The van der Waals surface area contributed by atoms with E-state index in [1.807, 2.05) is 91.0 Å². The number of unbranched alkanes of at least 4 members (excludes halogenated alkanes) is 3. The Morgan fingerprint density at radius 2 is 0.537 bits per heavy atom. The molecule has 0 radical (unpaired) electrons. The molecule has 5 aromatic carbocycles. The first-order valence-corrected chi connectivity index (χ1v) is 19.4. The van der Waals surface area contributed by atoms with Crippen molar-refractivity contribution in [3.05, 3.63) is 179 Å². The molecule has 0 aliphatic heterocycles. The van der Waals surface area contributed by atoms with Gasteiger partial charge in [-0.05, 0) is 47.2 Å². The predicted molar refractivity (Wildman–Crippen MR) is 212 cm³/mol. The molecule has 1 aliphatic carbocycles. The van der Waals surface area contributed by atoms with Crippen molar-refractivity contribution in [3.63, 3.8) is 0 Å². The predicted octanol–water partition coefficient (Wildman–Crippen LogP) is 8.83. The van der Waals surface area contributed by atoms with Crippen molar-refractivity contribution in [3.8, 4) is 0 Å². The molecule has 5 aromatic rings. The molecule has 0 aromatic heterocycles. The van der Waals surface area contributed by atoms with Crippen LogP contribution in [0.25, 0.3) is 0 Å². The summed E-state index contributed by atoms with van der Waals surface area (Å²) in [7, 11) is 0. The van der Waals surface area contributed by atoms with Gasteiger partial charge in [0.2, 0.25) is 0 Å². The molecule has 0 unspecified atom stereocenters. The van der Waals surface area contributed by atoms with Crippen LogP contribution in [-0.2, 0) is 61.5 Å². The van der Waals surface area contributed by atoms with Crippen LogP contribution in [0.15, 0.2) is 152 Å². The molecule has 0 bridgehead atoms. The first-order chi connectivity index (χ1) is 26.8. The van der Waals surface area contributed by atoms with Gasteiger partial charge in [-0.25, -0.2) is 0 Å². The quantitative estimate of drug-likeness (QED) is 0.0714. The maximum absolute atomic E-state index is 6.98. The van der Waals surface area contributed by atoms with Gasteiger partial charge in [0.25, 0.3) is 0 Å². The van der Waals surface area contributed by atoms with Crippen LogP contribution in [-0.4, -0.2) is 49.8 Å². The Labute approximate surface area is 321 Å². The van der Waals surface area contributed by atoms with Gasteiger partial charge in [0, 0.05) is 6.61 Å². The summed E-state index contributed by atoms with van der Waals surface area (Å²) in [5, 5.41) is 0. The second kappa shape index (κ2) is 22.3. The second-order valence-electron chi connectivity index (χ2n) is 13.8. The second-order valence-corrected chi connectivity index (χ2v) is 13.8. The molecule has 0 amide bonds. The van der Waals surface area contributed by atoms with Crippen LogP contribution < -0.4 is 5.73 Å². The van der Waals surface area contributed by atoms with Crippen LogP contribution in [0.3, 0.4) is 0 Å². The number of hydrogen-bond acceptors (Lipinski definition) is 7. The summed E-state index contributed by atoms with van der Waals surface area (Å²) in [6.45, 7) is 3.09. The summed E-state index contributed by atoms with van der Waals surface area (Å²) < 4.78 is 41.8. The Kier molecular flexibility index (Phi) is 16.3. The average molecular weight is 730 g/mol. The van der Waals surface area contributed by atoms with E-state index in [0.29, 0.717) is 46.2 Å². The van der Waals surface area contributed by atoms with E-state index < -0.39 is 36.6 Å². The van der Waals surface area contributed by atoms with Gasteiger partial charge in [0.05, 0.1) is 33.0 Å². The van der Waals surface area contributed by atoms with E-state index in [1.54, 1.807) is 0 Å². The van der Waals surface area contributed by atoms with Gasteiger partial charge in [-0.2, -0.15) is 0 Å². The molecule has 2 N–H and O–H groups in total. The van der Waals surface area contributed by atoms with Crippen molar-refractivity contribution < 1.29 is 28.4 Å². The fourth-order valence-electron chi connectivity index (χ4n) is 6.91. The number of ether oxygens (including phenoxy) is 6. The Bertz CT molecular complexity index is 1600. The highest BCUT2D eigenvalue weighted by molar-refractivity contribution is 5.18. The van der Waals surface area contributed by atoms with Crippen LogP contribution in [0, 0.1) is 0 Å². The van der Waals surface area contributed by atoms with Gasteiger partial charge < -0.3 is 34.2 Å². The minimum atomic E-state index is -0.566. The maximum atomic E-state index is 6.98. The normalized spacial score (nSPS) is 21.2. The molecule has 0 saturated heterocycles. The van der Waals surface area contributed by atoms with Crippen LogP contribution >= 0.6 is 0 Å². The molecular weight excluding hydrogens is 675 g/mol. The lowest BCUT2D eigenvalue weighted by molar-refractivity contribution is -0.290. The molecule has 0 spiro atoms. The van der Waals surface area contributed by atoms with E-state index in [1.165, 1.54) is 0 Å². The Morgan fingerprint density at radius 1 is 0.296 bits per heavy atom. The zero-order valence-corrected chi connectivity index (χ0v) is 31.2. The van der Waals surface area contributed by atoms with Crippen LogP contribution in [0.2, 0.25) is 0 Å². The lowest BCUT2D eigenvalue weighted by atomic mass is 9.83. The molecule has 284 valence electrons. The number of rotatable bonds is 22. The fourth-order valence-corrected chi connectivity index (χ4v) is 6.91. The van der Waals surface area contributed by atoms with Crippen molar-refractivity contribution >= 4 is 0 Å². The Morgan fingerprint density at radius 3 is 0.796 bits per heavy atom. The molecule has 1 saturated carbocycles. The van der Waals surface area contributed by atoms with E-state index in [4.69, 9.17) is 34.2 Å². The fraction of sp³-hybridized carbons (Fsp3) is 0.362. The maximum Gasteiger partial charge on any atom is 0.116 e. The SMILES string of the molecule is NCCCCCCO[C@@H]1[C@@H](OCc2ccccc2)[C@H](OCc2ccccc2)[C@@H](OCc2ccccc2)[C@H](OCc2ccccc2)[C@@H]1OCc1ccccc1. The van der Waals surface area contributed by atoms with Gasteiger partial charge in [0.15, 0.2) is 0 Å². The van der Waals surface area contributed by atoms with Crippen molar-refractivity contribution in [1.29, 1.82) is 0 Å². The molecule has 1 aliphatic rings. The van der Waals surface area contributed by atoms with Crippen molar-refractivity contribution in [2.24, 2.45) is 5.73 Å². The molecule has 54 heavy (non-hydrogen) atoms. The van der Waals surface area contributed by atoms with E-state index in [2.05, 4.69) is 60.7 Å². The lowest BCUT2D eigenvalue weighted by Gasteiger charge is -2.50. The highest BCUT2D eigenvalue weighted by Crippen LogP contribution is 2.36. The van der Waals surface area contributed by atoms with Crippen molar-refractivity contribution in [1.82, 2.24) is 0 Å². The summed E-state index contributed by atoms with van der Waals surface area (Å²) in [6.07, 6.45) is 0.690. The van der Waals surface area contributed by atoms with Crippen LogP contribution in [0.5, 0.6) is 0 Å². The molecule has 6 atom stereocenters. The monoisotopic (exact) mass is 729 g/mol. The first kappa shape index (κ1) is 39.5. The Hall–Kier alpha value is -4.18. The van der Waals surface area contributed by atoms with Crippen LogP contribution in [0.1, 0.15) is 53.5 Å². The van der Waals surface area contributed by atoms with Gasteiger partial charge in [0.1, 0.15) is 36.6 Å². The van der Waals surface area contributed by atoms with Gasteiger partial charge in [-0.15, -0.1) is 0 Å². The molecule has 7 nitrogen and oxygen atoms in total. The van der Waals surface area contributed by atoms with Crippen molar-refractivity contribution in [2.45, 2.75) is 95.3 Å². The zero-order chi connectivity index (χ0) is 37.0. The molecule has 6 rings (SSSR count). The van der Waals surface area contributed by atoms with E-state index in [0.717, 1.165) is 53.5 Å². The van der Waals surface area contributed by atoms with Crippen molar-refractivity contribution in [2.75, 3.05) is 13.2 Å². The number of benzene rings is 5. The summed E-state index contributed by atoms with van der Waals surface area (Å²) in [5.74, 6) is 0. The number of hydrogen-bond donors (Lipinski definition) is 1. The van der Waals surface area contributed by atoms with Gasteiger partial charge in [-0.1, -0.05) is 165 Å². The summed E-state index contributed by atoms with van der Waals surface area (Å²) in [5.41, 5.74) is 11.1. The van der Waals surface area contributed by atoms with Gasteiger partial charge in [-0.3, -0.25) is 0 Å². The third-order valence-electron chi connectivity index (χ3n) is 9.78. The van der Waals surface area contributed by atoms with Gasteiger partial charge >= 0.3 is 0 Å². The van der Waals surface area contributed by atoms with E-state index >= 15 is 0 Å². The minimum absolute atomic E-state index is 0.366. The standard InChI is InChI=1S/C47H55NO6/c48-30-18-1-2-19-31-49-42-43(50-32-37-20-8-3-9-21-37)45(52-34-39-24-12-5-13-25-39)47(54-36-41-28-16-7-17-29-41)46(53-35-40-26-14-6-15-27-40)44(42)51-33-38-22-10-4-11-23-38/h3-17,20-29,42-47H,1-2,18-19,30-36,48H2/t42-,43-,44-,45+,46-,47-/m1/s1. The highest BCUT2D eigenvalue weighted by Gasteiger charge is 2.55. The van der Waals surface area contributed by atoms with Crippen LogP contribution in [0.4, 0.5) is 0 Å². The average Bonchev–Trinajstić information content (AvgIpc) is 3.23. The molecule has 0 heterocycles. The summed E-state index contributed by atoms with van der Waals surface area (Å²) >= 11 is 0. The Balaban J connectivity index is 1.39. The third kappa shape index (κ3) is 12.2. The number of nitrogens with two attached hydrogens (primary N) is 1. The summed E-state index contributed by atoms with van der Waals surface area (Å²) in [6, 6.07) is 51.1. The summed E-state index contributed by atoms with van der Waals surface area (Å²) in [4.78, 5) is 0. The largest absolute Gasteiger partial charge is 0.373 e. The topological polar surface area (TPSA) is 81.4 Å². The smallest absolute Gasteiger partial charge is 0.116 e. The first-order valence-electron chi connectivity index (χ1n) is 19.4. The third-order valence-corrected chi connectivity index (χ3v) is 9.78. The highest BCUT2D eigenvalue weighted by atomic mass is 16.6. The van der Waals surface area contributed by atoms with E-state index in [9.17, 15) is 0 Å². The lowest BCUT2D eigenvalue weighted by Crippen LogP contribution is -2.67. The molecule has 7 heteroatoms. The van der Waals surface area contributed by atoms with E-state index in [-0.39, 0.29) is 0 Å². The minimum Gasteiger partial charge on any atom is -0.373 e. The molecular formula is C47H55NO6. The molecule has 1 fully saturated rings. The zero-order valence-electron chi connectivity index (χ0n) is 31.2.